The van der Waals surface area contributed by atoms with E-state index in [1.54, 1.807) is 7.11 Å². The van der Waals surface area contributed by atoms with Gasteiger partial charge in [0.2, 0.25) is 0 Å². The molecule has 0 atom stereocenters. The zero-order valence-corrected chi connectivity index (χ0v) is 17.8. The molecule has 0 radical (unpaired) electrons. The second-order valence-corrected chi connectivity index (χ2v) is 9.14. The summed E-state index contributed by atoms with van der Waals surface area (Å²) in [6.07, 6.45) is 0. The first-order chi connectivity index (χ1) is 15.3. The predicted octanol–water partition coefficient (Wildman–Crippen LogP) is 8.68. The average molecular weight is 415 g/mol. The first-order valence-corrected chi connectivity index (χ1v) is 11.3. The largest absolute Gasteiger partial charge is 0.495 e. The first-order valence-electron chi connectivity index (χ1n) is 10.5. The van der Waals surface area contributed by atoms with Gasteiger partial charge in [0.1, 0.15) is 5.75 Å². The minimum Gasteiger partial charge on any atom is -0.495 e. The summed E-state index contributed by atoms with van der Waals surface area (Å²) in [4.78, 5) is 0. The third-order valence-electron chi connectivity index (χ3n) is 6.51. The van der Waals surface area contributed by atoms with Gasteiger partial charge in [-0.2, -0.15) is 0 Å². The van der Waals surface area contributed by atoms with Crippen LogP contribution in [0.25, 0.3) is 63.3 Å². The Morgan fingerprint density at radius 2 is 1.10 bits per heavy atom. The molecular formula is C29H18OS. The number of methoxy groups -OCH3 is 1. The molecule has 31 heavy (non-hydrogen) atoms. The Bertz CT molecular complexity index is 1820. The Morgan fingerprint density at radius 3 is 1.74 bits per heavy atom. The van der Waals surface area contributed by atoms with E-state index in [1.807, 2.05) is 11.3 Å². The van der Waals surface area contributed by atoms with Crippen molar-refractivity contribution in [2.45, 2.75) is 0 Å². The molecule has 0 bridgehead atoms. The van der Waals surface area contributed by atoms with Gasteiger partial charge in [0.25, 0.3) is 0 Å². The third kappa shape index (κ3) is 2.26. The van der Waals surface area contributed by atoms with Crippen LogP contribution < -0.4 is 4.74 Å². The van der Waals surface area contributed by atoms with Crippen molar-refractivity contribution < 1.29 is 4.74 Å². The summed E-state index contributed by atoms with van der Waals surface area (Å²) in [7, 11) is 1.77. The molecule has 146 valence electrons. The molecule has 7 aromatic rings. The molecule has 0 aliphatic heterocycles. The highest BCUT2D eigenvalue weighted by atomic mass is 32.1. The SMILES string of the molecule is COc1cc2ccccc2c2c1sc1cc3c4ccccc4c4ccccc4c3cc12. The number of hydrogen-bond donors (Lipinski definition) is 0. The van der Waals surface area contributed by atoms with Crippen LogP contribution in [0.1, 0.15) is 0 Å². The molecule has 7 rings (SSSR count). The molecule has 0 saturated carbocycles. The van der Waals surface area contributed by atoms with Crippen molar-refractivity contribution in [3.8, 4) is 5.75 Å². The van der Waals surface area contributed by atoms with E-state index in [1.165, 1.54) is 63.3 Å². The van der Waals surface area contributed by atoms with Gasteiger partial charge in [-0.3, -0.25) is 0 Å². The normalized spacial score (nSPS) is 12.0. The van der Waals surface area contributed by atoms with Crippen LogP contribution in [0.3, 0.4) is 0 Å². The maximum absolute atomic E-state index is 5.81. The van der Waals surface area contributed by atoms with E-state index in [-0.39, 0.29) is 0 Å². The van der Waals surface area contributed by atoms with Gasteiger partial charge >= 0.3 is 0 Å². The van der Waals surface area contributed by atoms with Gasteiger partial charge < -0.3 is 4.74 Å². The molecule has 0 N–H and O–H groups in total. The number of fused-ring (bicyclic) bond motifs is 11. The van der Waals surface area contributed by atoms with Gasteiger partial charge in [0.05, 0.1) is 11.8 Å². The Balaban J connectivity index is 1.79. The molecule has 0 amide bonds. The monoisotopic (exact) mass is 414 g/mol. The second-order valence-electron chi connectivity index (χ2n) is 8.09. The van der Waals surface area contributed by atoms with Crippen LogP contribution in [0.2, 0.25) is 0 Å². The zero-order chi connectivity index (χ0) is 20.5. The quantitative estimate of drug-likeness (QED) is 0.244. The van der Waals surface area contributed by atoms with E-state index in [0.29, 0.717) is 0 Å². The maximum Gasteiger partial charge on any atom is 0.137 e. The molecule has 0 spiro atoms. The van der Waals surface area contributed by atoms with Crippen LogP contribution in [0.4, 0.5) is 0 Å². The molecule has 0 saturated heterocycles. The van der Waals surface area contributed by atoms with E-state index < -0.39 is 0 Å². The third-order valence-corrected chi connectivity index (χ3v) is 7.68. The van der Waals surface area contributed by atoms with Crippen LogP contribution in [0.15, 0.2) is 91.0 Å². The zero-order valence-electron chi connectivity index (χ0n) is 17.0. The Morgan fingerprint density at radius 1 is 0.548 bits per heavy atom. The molecule has 0 aliphatic carbocycles. The van der Waals surface area contributed by atoms with Crippen molar-refractivity contribution in [3.63, 3.8) is 0 Å². The maximum atomic E-state index is 5.81. The van der Waals surface area contributed by atoms with Crippen molar-refractivity contribution in [3.05, 3.63) is 91.0 Å². The molecule has 6 aromatic carbocycles. The van der Waals surface area contributed by atoms with Crippen molar-refractivity contribution in [1.29, 1.82) is 0 Å². The highest BCUT2D eigenvalue weighted by Crippen LogP contribution is 2.46. The fourth-order valence-corrected chi connectivity index (χ4v) is 6.38. The van der Waals surface area contributed by atoms with Crippen LogP contribution in [0, 0.1) is 0 Å². The molecule has 1 heterocycles. The summed E-state index contributed by atoms with van der Waals surface area (Å²) in [6.45, 7) is 0. The lowest BCUT2D eigenvalue weighted by molar-refractivity contribution is 0.421. The molecule has 1 aromatic heterocycles. The van der Waals surface area contributed by atoms with E-state index in [9.17, 15) is 0 Å². The number of rotatable bonds is 1. The van der Waals surface area contributed by atoms with Crippen molar-refractivity contribution >= 4 is 74.6 Å². The Hall–Kier alpha value is -3.62. The second kappa shape index (κ2) is 6.19. The smallest absolute Gasteiger partial charge is 0.137 e. The van der Waals surface area contributed by atoms with Crippen LogP contribution in [-0.4, -0.2) is 7.11 Å². The summed E-state index contributed by atoms with van der Waals surface area (Å²) < 4.78 is 8.34. The van der Waals surface area contributed by atoms with E-state index >= 15 is 0 Å². The predicted molar refractivity (Wildman–Crippen MR) is 136 cm³/mol. The van der Waals surface area contributed by atoms with Crippen LogP contribution in [-0.2, 0) is 0 Å². The van der Waals surface area contributed by atoms with Gasteiger partial charge in [-0.05, 0) is 61.3 Å². The minimum absolute atomic E-state index is 0.952. The summed E-state index contributed by atoms with van der Waals surface area (Å²) in [6, 6.07) is 33.1. The lowest BCUT2D eigenvalue weighted by Gasteiger charge is -2.11. The number of benzene rings is 6. The van der Waals surface area contributed by atoms with Gasteiger partial charge in [0, 0.05) is 15.5 Å². The first kappa shape index (κ1) is 17.1. The molecular weight excluding hydrogens is 396 g/mol. The molecule has 1 nitrogen and oxygen atoms in total. The Kier molecular flexibility index (Phi) is 3.42. The van der Waals surface area contributed by atoms with Crippen LogP contribution >= 0.6 is 11.3 Å². The molecule has 0 unspecified atom stereocenters. The van der Waals surface area contributed by atoms with Crippen molar-refractivity contribution in [1.82, 2.24) is 0 Å². The summed E-state index contributed by atoms with van der Waals surface area (Å²) >= 11 is 1.83. The summed E-state index contributed by atoms with van der Waals surface area (Å²) in [5.41, 5.74) is 0. The highest BCUT2D eigenvalue weighted by Gasteiger charge is 2.16. The van der Waals surface area contributed by atoms with Gasteiger partial charge in [-0.25, -0.2) is 0 Å². The van der Waals surface area contributed by atoms with Crippen molar-refractivity contribution in [2.24, 2.45) is 0 Å². The Labute approximate surface area is 183 Å². The van der Waals surface area contributed by atoms with E-state index in [2.05, 4.69) is 91.0 Å². The topological polar surface area (TPSA) is 9.23 Å². The van der Waals surface area contributed by atoms with Crippen LogP contribution in [0.5, 0.6) is 5.75 Å². The lowest BCUT2D eigenvalue weighted by Crippen LogP contribution is -1.84. The van der Waals surface area contributed by atoms with Gasteiger partial charge in [-0.15, -0.1) is 11.3 Å². The van der Waals surface area contributed by atoms with E-state index in [4.69, 9.17) is 4.74 Å². The molecule has 0 fully saturated rings. The standard InChI is InChI=1S/C29H18OS/c1-30-26-14-17-8-2-3-9-18(17)28-25-15-23-21-12-6-4-10-19(21)20-11-5-7-13-22(20)24(23)16-27(25)31-29(26)28/h2-16H,1H3. The summed E-state index contributed by atoms with van der Waals surface area (Å²) in [5, 5.41) is 13.0. The van der Waals surface area contributed by atoms with Gasteiger partial charge in [-0.1, -0.05) is 72.8 Å². The average Bonchev–Trinajstić information content (AvgIpc) is 3.21. The molecule has 2 heteroatoms. The number of thiophene rings is 1. The summed E-state index contributed by atoms with van der Waals surface area (Å²) in [5.74, 6) is 0.952. The fraction of sp³-hybridized carbons (Fsp3) is 0.0345. The lowest BCUT2D eigenvalue weighted by atomic mass is 9.93. The van der Waals surface area contributed by atoms with Crippen molar-refractivity contribution in [2.75, 3.05) is 7.11 Å². The highest BCUT2D eigenvalue weighted by molar-refractivity contribution is 7.26. The fourth-order valence-electron chi connectivity index (χ4n) is 5.14. The number of ether oxygens (including phenoxy) is 1. The number of hydrogen-bond acceptors (Lipinski definition) is 2. The minimum atomic E-state index is 0.952. The van der Waals surface area contributed by atoms with E-state index in [0.717, 1.165) is 5.75 Å². The van der Waals surface area contributed by atoms with Gasteiger partial charge in [0.15, 0.2) is 0 Å². The molecule has 0 aliphatic rings.